The van der Waals surface area contributed by atoms with Crippen LogP contribution in [0.4, 0.5) is 5.82 Å². The van der Waals surface area contributed by atoms with Crippen molar-refractivity contribution in [2.45, 2.75) is 58.3 Å². The van der Waals surface area contributed by atoms with Gasteiger partial charge in [0.25, 0.3) is 0 Å². The van der Waals surface area contributed by atoms with E-state index in [1.165, 1.54) is 27.7 Å². The molecule has 3 fully saturated rings. The number of phenolic OH excluding ortho intramolecular Hbond substituents is 1. The monoisotopic (exact) mass is 784 g/mol. The van der Waals surface area contributed by atoms with E-state index in [4.69, 9.17) is 26.5 Å². The first-order valence-electron chi connectivity index (χ1n) is 18.5. The third kappa shape index (κ3) is 5.68. The Bertz CT molecular complexity index is 2350. The largest absolute Gasteiger partial charge is 0.508 e. The lowest BCUT2D eigenvalue weighted by Gasteiger charge is -2.49. The van der Waals surface area contributed by atoms with Gasteiger partial charge in [0.1, 0.15) is 23.0 Å². The minimum absolute atomic E-state index is 0.0190. The first-order chi connectivity index (χ1) is 26.3. The SMILES string of the molecule is COc1ccc(O)c([C@H]2C3=CC[C@@H]4C(=O)N(CCCCCC(=O)O)C(=O)[C@@H]4[C@@H]3C[C@H]3C(=O)N(c4cc(-c5sc6ccc(Cl)cc6c5C)nn4C)C(=O)[C@@]23C)c1. The Morgan fingerprint density at radius 1 is 1.04 bits per heavy atom. The molecule has 2 saturated heterocycles. The van der Waals surface area contributed by atoms with Crippen molar-refractivity contribution in [1.29, 1.82) is 0 Å². The third-order valence-corrected chi connectivity index (χ3v) is 13.9. The fraction of sp³-hybridized carbons (Fsp3) is 0.415. The molecular formula is C41H41ClN4O8S. The van der Waals surface area contributed by atoms with Crippen molar-refractivity contribution in [3.8, 4) is 22.1 Å². The Labute approximate surface area is 326 Å². The van der Waals surface area contributed by atoms with Gasteiger partial charge in [-0.05, 0) is 92.8 Å². The number of allylic oxidation sites excluding steroid dienone is 2. The number of phenols is 1. The van der Waals surface area contributed by atoms with Crippen LogP contribution >= 0.6 is 22.9 Å². The topological polar surface area (TPSA) is 159 Å². The molecule has 4 aliphatic rings. The highest BCUT2D eigenvalue weighted by Gasteiger charge is 2.68. The molecule has 0 unspecified atom stereocenters. The second-order valence-electron chi connectivity index (χ2n) is 15.3. The Hall–Kier alpha value is -5.01. The maximum atomic E-state index is 15.1. The van der Waals surface area contributed by atoms with Gasteiger partial charge in [-0.15, -0.1) is 11.3 Å². The Morgan fingerprint density at radius 3 is 2.56 bits per heavy atom. The van der Waals surface area contributed by atoms with Gasteiger partial charge in [-0.3, -0.25) is 33.6 Å². The Balaban J connectivity index is 1.19. The number of methoxy groups -OCH3 is 1. The summed E-state index contributed by atoms with van der Waals surface area (Å²) in [6, 6.07) is 12.3. The molecule has 286 valence electrons. The first-order valence-corrected chi connectivity index (χ1v) is 19.7. The van der Waals surface area contributed by atoms with E-state index in [2.05, 4.69) is 0 Å². The molecule has 1 saturated carbocycles. The number of aromatic nitrogens is 2. The number of carboxylic acids is 1. The van der Waals surface area contributed by atoms with Gasteiger partial charge >= 0.3 is 5.97 Å². The average Bonchev–Trinajstić information content (AvgIpc) is 3.82. The van der Waals surface area contributed by atoms with Crippen LogP contribution in [0.15, 0.2) is 54.1 Å². The number of aromatic hydroxyl groups is 1. The number of hydrogen-bond acceptors (Lipinski definition) is 9. The van der Waals surface area contributed by atoms with Crippen LogP contribution in [0.5, 0.6) is 11.5 Å². The number of aryl methyl sites for hydroxylation is 2. The number of anilines is 1. The van der Waals surface area contributed by atoms with Crippen LogP contribution < -0.4 is 9.64 Å². The number of amides is 4. The second kappa shape index (κ2) is 13.6. The molecule has 4 aromatic rings. The van der Waals surface area contributed by atoms with Crippen LogP contribution in [0, 0.1) is 36.0 Å². The number of imide groups is 2. The molecule has 12 nitrogen and oxygen atoms in total. The number of halogens is 1. The van der Waals surface area contributed by atoms with Crippen LogP contribution in [0.25, 0.3) is 20.7 Å². The van der Waals surface area contributed by atoms with Gasteiger partial charge in [0.2, 0.25) is 23.6 Å². The molecule has 2 N–H and O–H groups in total. The van der Waals surface area contributed by atoms with Gasteiger partial charge in [0, 0.05) is 47.3 Å². The van der Waals surface area contributed by atoms with E-state index in [9.17, 15) is 24.3 Å². The summed E-state index contributed by atoms with van der Waals surface area (Å²) in [5.74, 6) is -5.28. The van der Waals surface area contributed by atoms with E-state index in [0.717, 1.165) is 26.1 Å². The number of thiophene rings is 1. The van der Waals surface area contributed by atoms with E-state index in [1.54, 1.807) is 43.5 Å². The number of benzene rings is 2. The lowest BCUT2D eigenvalue weighted by atomic mass is 9.51. The van der Waals surface area contributed by atoms with Crippen molar-refractivity contribution in [2.24, 2.45) is 36.1 Å². The van der Waals surface area contributed by atoms with E-state index >= 15 is 4.79 Å². The number of ether oxygens (including phenoxy) is 1. The summed E-state index contributed by atoms with van der Waals surface area (Å²) in [4.78, 5) is 72.3. The molecule has 0 spiro atoms. The van der Waals surface area contributed by atoms with Gasteiger partial charge in [-0.2, -0.15) is 5.10 Å². The molecule has 8 rings (SSSR count). The number of hydrogen-bond donors (Lipinski definition) is 2. The third-order valence-electron chi connectivity index (χ3n) is 12.4. The number of carbonyl (C=O) groups is 5. The Kier molecular flexibility index (Phi) is 9.15. The summed E-state index contributed by atoms with van der Waals surface area (Å²) >= 11 is 7.86. The molecule has 2 aliphatic carbocycles. The minimum Gasteiger partial charge on any atom is -0.508 e. The second-order valence-corrected chi connectivity index (χ2v) is 16.8. The number of likely N-dealkylation sites (tertiary alicyclic amines) is 1. The van der Waals surface area contributed by atoms with E-state index in [1.807, 2.05) is 31.2 Å². The van der Waals surface area contributed by atoms with E-state index < -0.39 is 52.8 Å². The van der Waals surface area contributed by atoms with Crippen LogP contribution in [-0.4, -0.2) is 68.1 Å². The summed E-state index contributed by atoms with van der Waals surface area (Å²) < 4.78 is 8.12. The van der Waals surface area contributed by atoms with Gasteiger partial charge in [-0.25, -0.2) is 4.90 Å². The van der Waals surface area contributed by atoms with Crippen molar-refractivity contribution in [3.05, 3.63) is 70.3 Å². The normalized spacial score (nSPS) is 26.1. The average molecular weight is 785 g/mol. The molecule has 2 aromatic heterocycles. The van der Waals surface area contributed by atoms with Gasteiger partial charge in [0.15, 0.2) is 0 Å². The first kappa shape index (κ1) is 36.9. The number of fused-ring (bicyclic) bond motifs is 5. The quantitative estimate of drug-likeness (QED) is 0.0996. The fourth-order valence-electron chi connectivity index (χ4n) is 9.69. The molecule has 14 heteroatoms. The maximum Gasteiger partial charge on any atom is 0.303 e. The molecule has 6 atom stereocenters. The van der Waals surface area contributed by atoms with Crippen LogP contribution in [0.1, 0.15) is 62.5 Å². The van der Waals surface area contributed by atoms with Gasteiger partial charge < -0.3 is 14.9 Å². The highest BCUT2D eigenvalue weighted by Crippen LogP contribution is 2.64. The summed E-state index contributed by atoms with van der Waals surface area (Å²) in [5.41, 5.74) is 1.37. The summed E-state index contributed by atoms with van der Waals surface area (Å²) in [5, 5.41) is 26.8. The molecular weight excluding hydrogens is 744 g/mol. The summed E-state index contributed by atoms with van der Waals surface area (Å²) in [6.07, 6.45) is 3.89. The zero-order valence-electron chi connectivity index (χ0n) is 30.9. The zero-order valence-corrected chi connectivity index (χ0v) is 32.4. The van der Waals surface area contributed by atoms with Crippen LogP contribution in [-0.2, 0) is 31.0 Å². The number of nitrogens with zero attached hydrogens (tertiary/aromatic N) is 4. The van der Waals surface area contributed by atoms with Crippen molar-refractivity contribution < 1.29 is 38.9 Å². The van der Waals surface area contributed by atoms with Crippen LogP contribution in [0.3, 0.4) is 0 Å². The van der Waals surface area contributed by atoms with Crippen LogP contribution in [0.2, 0.25) is 5.02 Å². The predicted molar refractivity (Wildman–Crippen MR) is 206 cm³/mol. The van der Waals surface area contributed by atoms with Crippen molar-refractivity contribution >= 4 is 68.4 Å². The molecule has 4 heterocycles. The van der Waals surface area contributed by atoms with Crippen molar-refractivity contribution in [1.82, 2.24) is 14.7 Å². The number of carboxylic acid groups (broad SMARTS) is 1. The summed E-state index contributed by atoms with van der Waals surface area (Å²) in [6.45, 7) is 3.95. The van der Waals surface area contributed by atoms with Crippen molar-refractivity contribution in [3.63, 3.8) is 0 Å². The minimum atomic E-state index is -1.37. The number of rotatable bonds is 10. The molecule has 55 heavy (non-hydrogen) atoms. The smallest absolute Gasteiger partial charge is 0.303 e. The highest BCUT2D eigenvalue weighted by molar-refractivity contribution is 7.22. The highest BCUT2D eigenvalue weighted by atomic mass is 35.5. The summed E-state index contributed by atoms with van der Waals surface area (Å²) in [7, 11) is 3.20. The number of unbranched alkanes of at least 4 members (excludes halogenated alkanes) is 2. The van der Waals surface area contributed by atoms with Gasteiger partial charge in [-0.1, -0.05) is 29.7 Å². The molecule has 0 radical (unpaired) electrons. The zero-order chi connectivity index (χ0) is 39.1. The predicted octanol–water partition coefficient (Wildman–Crippen LogP) is 6.85. The molecule has 2 aliphatic heterocycles. The maximum absolute atomic E-state index is 15.1. The molecule has 2 aromatic carbocycles. The lowest BCUT2D eigenvalue weighted by Crippen LogP contribution is -2.49. The Morgan fingerprint density at radius 2 is 1.82 bits per heavy atom. The fourth-order valence-corrected chi connectivity index (χ4v) is 11.0. The van der Waals surface area contributed by atoms with Gasteiger partial charge in [0.05, 0.1) is 35.2 Å². The molecule has 4 amide bonds. The standard InChI is InChI=1S/C41H41ClN4O8S/c1-20-25-16-21(42)9-14-31(25)55-36(20)29-19-32(44(3)43-29)46-38(51)28-18-26-23(35(41(28,2)40(46)53)27-17-22(54-4)10-13-30(27)47)11-12-24-34(26)39(52)45(37(24)50)15-7-5-6-8-33(48)49/h9-11,13-14,16-17,19,24,26,28,34-35,47H,5-8,12,15,18H2,1-4H3,(H,48,49)/t24-,26+,28-,34-,35+,41+/m0/s1. The van der Waals surface area contributed by atoms with E-state index in [0.29, 0.717) is 47.1 Å². The number of aliphatic carboxylic acids is 1. The van der Waals surface area contributed by atoms with E-state index in [-0.39, 0.29) is 43.4 Å². The number of carbonyl (C=O) groups excluding carboxylic acids is 4. The van der Waals surface area contributed by atoms with Crippen molar-refractivity contribution in [2.75, 3.05) is 18.6 Å². The lowest BCUT2D eigenvalue weighted by molar-refractivity contribution is -0.141. The molecule has 0 bridgehead atoms.